The molecule has 0 unspecified atom stereocenters. The highest BCUT2D eigenvalue weighted by atomic mass is 19.1. The molecule has 0 bridgehead atoms. The number of hydrogen-bond acceptors (Lipinski definition) is 3. The monoisotopic (exact) mass is 409 g/mol. The summed E-state index contributed by atoms with van der Waals surface area (Å²) in [5.74, 6) is 0.173. The highest BCUT2D eigenvalue weighted by Gasteiger charge is 2.21. The number of benzene rings is 3. The summed E-state index contributed by atoms with van der Waals surface area (Å²) in [4.78, 5) is 1.88. The van der Waals surface area contributed by atoms with Gasteiger partial charge in [0.1, 0.15) is 11.6 Å². The zero-order chi connectivity index (χ0) is 20.9. The van der Waals surface area contributed by atoms with E-state index in [1.165, 1.54) is 18.2 Å². The van der Waals surface area contributed by atoms with E-state index in [-0.39, 0.29) is 18.2 Å². The standard InChI is InChI=1S/C25H25F2NO2/c1-29-24-15-14-19(16-25(24)30-20-10-5-6-11-20)28(18-8-3-2-4-9-18)17-21-22(26)12-7-13-23(21)27/h2-4,7-9,12-16,20H,5-6,10-11,17H2,1H3. The molecule has 156 valence electrons. The van der Waals surface area contributed by atoms with Crippen molar-refractivity contribution in [3.05, 3.63) is 83.9 Å². The fourth-order valence-corrected chi connectivity index (χ4v) is 3.89. The van der Waals surface area contributed by atoms with E-state index in [2.05, 4.69) is 0 Å². The minimum Gasteiger partial charge on any atom is -0.493 e. The van der Waals surface area contributed by atoms with Gasteiger partial charge in [-0.25, -0.2) is 8.78 Å². The van der Waals surface area contributed by atoms with Crippen molar-refractivity contribution in [2.45, 2.75) is 38.3 Å². The maximum absolute atomic E-state index is 14.4. The predicted molar refractivity (Wildman–Crippen MR) is 115 cm³/mol. The topological polar surface area (TPSA) is 21.7 Å². The summed E-state index contributed by atoms with van der Waals surface area (Å²) in [6.45, 7) is 0.0533. The summed E-state index contributed by atoms with van der Waals surface area (Å²) in [6.07, 6.45) is 4.54. The first-order chi connectivity index (χ1) is 14.7. The number of halogens is 2. The fraction of sp³-hybridized carbons (Fsp3) is 0.280. The molecule has 0 atom stereocenters. The molecule has 5 heteroatoms. The lowest BCUT2D eigenvalue weighted by molar-refractivity contribution is 0.201. The van der Waals surface area contributed by atoms with E-state index in [1.54, 1.807) is 7.11 Å². The average Bonchev–Trinajstić information content (AvgIpc) is 3.27. The Morgan fingerprint density at radius 3 is 2.20 bits per heavy atom. The maximum Gasteiger partial charge on any atom is 0.163 e. The van der Waals surface area contributed by atoms with Crippen LogP contribution in [-0.4, -0.2) is 13.2 Å². The van der Waals surface area contributed by atoms with Gasteiger partial charge in [0, 0.05) is 23.0 Å². The number of anilines is 2. The molecular weight excluding hydrogens is 384 g/mol. The van der Waals surface area contributed by atoms with E-state index in [9.17, 15) is 8.78 Å². The highest BCUT2D eigenvalue weighted by Crippen LogP contribution is 2.38. The number of methoxy groups -OCH3 is 1. The van der Waals surface area contributed by atoms with Gasteiger partial charge in [-0.15, -0.1) is 0 Å². The third-order valence-corrected chi connectivity index (χ3v) is 5.50. The molecule has 0 amide bonds. The zero-order valence-corrected chi connectivity index (χ0v) is 17.0. The number of hydrogen-bond donors (Lipinski definition) is 0. The van der Waals surface area contributed by atoms with E-state index < -0.39 is 11.6 Å². The third kappa shape index (κ3) is 4.40. The quantitative estimate of drug-likeness (QED) is 0.437. The smallest absolute Gasteiger partial charge is 0.163 e. The summed E-state index contributed by atoms with van der Waals surface area (Å²) < 4.78 is 40.5. The van der Waals surface area contributed by atoms with Crippen LogP contribution in [0.2, 0.25) is 0 Å². The molecule has 0 heterocycles. The summed E-state index contributed by atoms with van der Waals surface area (Å²) in [7, 11) is 1.61. The van der Waals surface area contributed by atoms with E-state index in [4.69, 9.17) is 9.47 Å². The largest absolute Gasteiger partial charge is 0.493 e. The molecule has 0 saturated heterocycles. The van der Waals surface area contributed by atoms with E-state index in [0.717, 1.165) is 37.1 Å². The van der Waals surface area contributed by atoms with Crippen LogP contribution >= 0.6 is 0 Å². The molecule has 1 fully saturated rings. The van der Waals surface area contributed by atoms with Gasteiger partial charge in [0.25, 0.3) is 0 Å². The molecule has 0 radical (unpaired) electrons. The van der Waals surface area contributed by atoms with Crippen LogP contribution in [0, 0.1) is 11.6 Å². The van der Waals surface area contributed by atoms with Crippen LogP contribution in [0.3, 0.4) is 0 Å². The van der Waals surface area contributed by atoms with Crippen LogP contribution in [0.1, 0.15) is 31.2 Å². The first-order valence-electron chi connectivity index (χ1n) is 10.3. The molecule has 30 heavy (non-hydrogen) atoms. The first kappa shape index (κ1) is 20.2. The van der Waals surface area contributed by atoms with Gasteiger partial charge >= 0.3 is 0 Å². The third-order valence-electron chi connectivity index (χ3n) is 5.50. The Morgan fingerprint density at radius 2 is 1.53 bits per heavy atom. The molecule has 0 spiro atoms. The van der Waals surface area contributed by atoms with Crippen molar-refractivity contribution in [2.75, 3.05) is 12.0 Å². The lowest BCUT2D eigenvalue weighted by Crippen LogP contribution is -2.19. The van der Waals surface area contributed by atoms with Crippen LogP contribution in [0.15, 0.2) is 66.7 Å². The average molecular weight is 409 g/mol. The lowest BCUT2D eigenvalue weighted by Gasteiger charge is -2.27. The Labute approximate surface area is 175 Å². The maximum atomic E-state index is 14.4. The molecule has 1 aliphatic carbocycles. The number of rotatable bonds is 7. The van der Waals surface area contributed by atoms with Crippen molar-refractivity contribution < 1.29 is 18.3 Å². The number of nitrogens with zero attached hydrogens (tertiary/aromatic N) is 1. The predicted octanol–water partition coefficient (Wildman–Crippen LogP) is 6.63. The van der Waals surface area contributed by atoms with Crippen molar-refractivity contribution in [1.82, 2.24) is 0 Å². The van der Waals surface area contributed by atoms with Gasteiger partial charge in [-0.05, 0) is 62.1 Å². The molecule has 4 rings (SSSR count). The highest BCUT2D eigenvalue weighted by molar-refractivity contribution is 5.66. The second-order valence-corrected chi connectivity index (χ2v) is 7.48. The Bertz CT molecular complexity index is 967. The molecular formula is C25H25F2NO2. The second kappa shape index (κ2) is 9.16. The van der Waals surface area contributed by atoms with Crippen molar-refractivity contribution in [3.8, 4) is 11.5 Å². The van der Waals surface area contributed by atoms with Crippen LogP contribution in [0.5, 0.6) is 11.5 Å². The van der Waals surface area contributed by atoms with E-state index in [1.807, 2.05) is 53.4 Å². The fourth-order valence-electron chi connectivity index (χ4n) is 3.89. The summed E-state index contributed by atoms with van der Waals surface area (Å²) in [6, 6.07) is 19.1. The minimum atomic E-state index is -0.563. The van der Waals surface area contributed by atoms with Gasteiger partial charge in [0.05, 0.1) is 19.8 Å². The lowest BCUT2D eigenvalue weighted by atomic mass is 10.1. The van der Waals surface area contributed by atoms with Gasteiger partial charge < -0.3 is 14.4 Å². The second-order valence-electron chi connectivity index (χ2n) is 7.48. The molecule has 0 N–H and O–H groups in total. The summed E-state index contributed by atoms with van der Waals surface area (Å²) in [5.41, 5.74) is 1.63. The van der Waals surface area contributed by atoms with Crippen molar-refractivity contribution in [3.63, 3.8) is 0 Å². The minimum absolute atomic E-state index is 0.0235. The van der Waals surface area contributed by atoms with Crippen molar-refractivity contribution in [2.24, 2.45) is 0 Å². The van der Waals surface area contributed by atoms with Crippen LogP contribution in [0.4, 0.5) is 20.2 Å². The van der Waals surface area contributed by atoms with Crippen LogP contribution < -0.4 is 14.4 Å². The Kier molecular flexibility index (Phi) is 6.17. The van der Waals surface area contributed by atoms with Crippen molar-refractivity contribution >= 4 is 11.4 Å². The van der Waals surface area contributed by atoms with Crippen LogP contribution in [0.25, 0.3) is 0 Å². The molecule has 0 aromatic heterocycles. The van der Waals surface area contributed by atoms with Gasteiger partial charge in [0.2, 0.25) is 0 Å². The Morgan fingerprint density at radius 1 is 0.833 bits per heavy atom. The molecule has 3 nitrogen and oxygen atoms in total. The normalized spacial score (nSPS) is 14.0. The van der Waals surface area contributed by atoms with Gasteiger partial charge in [-0.2, -0.15) is 0 Å². The summed E-state index contributed by atoms with van der Waals surface area (Å²) >= 11 is 0. The molecule has 1 aliphatic rings. The first-order valence-corrected chi connectivity index (χ1v) is 10.3. The number of ether oxygens (including phenoxy) is 2. The number of para-hydroxylation sites is 1. The van der Waals surface area contributed by atoms with Gasteiger partial charge in [-0.1, -0.05) is 24.3 Å². The zero-order valence-electron chi connectivity index (χ0n) is 17.0. The molecule has 1 saturated carbocycles. The van der Waals surface area contributed by atoms with Gasteiger partial charge in [0.15, 0.2) is 11.5 Å². The van der Waals surface area contributed by atoms with E-state index >= 15 is 0 Å². The molecule has 3 aromatic carbocycles. The SMILES string of the molecule is COc1ccc(N(Cc2c(F)cccc2F)c2ccccc2)cc1OC1CCCC1. The molecule has 0 aliphatic heterocycles. The Hall–Kier alpha value is -3.08. The van der Waals surface area contributed by atoms with E-state index in [0.29, 0.717) is 11.5 Å². The molecule has 3 aromatic rings. The van der Waals surface area contributed by atoms with Crippen molar-refractivity contribution in [1.29, 1.82) is 0 Å². The Balaban J connectivity index is 1.73. The summed E-state index contributed by atoms with van der Waals surface area (Å²) in [5, 5.41) is 0. The van der Waals surface area contributed by atoms with Gasteiger partial charge in [-0.3, -0.25) is 0 Å². The van der Waals surface area contributed by atoms with Crippen LogP contribution in [-0.2, 0) is 6.54 Å².